The summed E-state index contributed by atoms with van der Waals surface area (Å²) in [7, 11) is 0. The van der Waals surface area contributed by atoms with E-state index in [-0.39, 0.29) is 19.2 Å². The molecule has 4 rings (SSSR count). The van der Waals surface area contributed by atoms with Crippen LogP contribution in [0.3, 0.4) is 0 Å². The molecule has 0 spiro atoms. The van der Waals surface area contributed by atoms with Crippen molar-refractivity contribution in [2.75, 3.05) is 11.9 Å². The van der Waals surface area contributed by atoms with Gasteiger partial charge in [0.25, 0.3) is 5.91 Å². The molecule has 0 aliphatic rings. The van der Waals surface area contributed by atoms with E-state index in [2.05, 4.69) is 17.3 Å². The molecule has 6 nitrogen and oxygen atoms in total. The second-order valence-corrected chi connectivity index (χ2v) is 6.89. The first-order chi connectivity index (χ1) is 14.7. The molecule has 0 atom stereocenters. The first kappa shape index (κ1) is 19.5. The van der Waals surface area contributed by atoms with Crippen LogP contribution >= 0.6 is 0 Å². The van der Waals surface area contributed by atoms with Gasteiger partial charge in [0.2, 0.25) is 0 Å². The Balaban J connectivity index is 1.26. The third kappa shape index (κ3) is 4.97. The Hall–Kier alpha value is -3.80. The zero-order valence-corrected chi connectivity index (χ0v) is 16.7. The van der Waals surface area contributed by atoms with Crippen LogP contribution in [0.1, 0.15) is 12.5 Å². The second kappa shape index (κ2) is 9.13. The molecule has 0 saturated heterocycles. The van der Waals surface area contributed by atoms with Crippen molar-refractivity contribution in [3.05, 3.63) is 84.7 Å². The van der Waals surface area contributed by atoms with E-state index in [1.54, 1.807) is 17.1 Å². The molecule has 152 valence electrons. The number of hydrogen-bond acceptors (Lipinski definition) is 4. The molecule has 0 radical (unpaired) electrons. The molecular formula is C24H23N3O3. The predicted molar refractivity (Wildman–Crippen MR) is 117 cm³/mol. The number of anilines is 1. The van der Waals surface area contributed by atoms with Gasteiger partial charge < -0.3 is 14.8 Å². The number of carbonyl (C=O) groups is 1. The van der Waals surface area contributed by atoms with Gasteiger partial charge in [-0.1, -0.05) is 49.4 Å². The third-order valence-electron chi connectivity index (χ3n) is 4.70. The fourth-order valence-corrected chi connectivity index (χ4v) is 3.06. The highest BCUT2D eigenvalue weighted by Crippen LogP contribution is 2.20. The van der Waals surface area contributed by atoms with Crippen LogP contribution in [0.2, 0.25) is 0 Å². The third-order valence-corrected chi connectivity index (χ3v) is 4.70. The lowest BCUT2D eigenvalue weighted by molar-refractivity contribution is -0.118. The minimum Gasteiger partial charge on any atom is -0.484 e. The molecule has 4 aromatic rings. The number of carbonyl (C=O) groups excluding carboxylic acids is 1. The van der Waals surface area contributed by atoms with E-state index in [0.717, 1.165) is 22.9 Å². The zero-order chi connectivity index (χ0) is 20.8. The number of fused-ring (bicyclic) bond motifs is 1. The van der Waals surface area contributed by atoms with Crippen LogP contribution in [0.25, 0.3) is 10.8 Å². The standard InChI is InChI=1S/C24H23N3O3/c1-2-18-7-10-22(11-8-18)30-17-27-15-21(14-25-27)26-24(28)16-29-23-12-9-19-5-3-4-6-20(19)13-23/h3-15H,2,16-17H2,1H3,(H,26,28). The van der Waals surface area contributed by atoms with Crippen LogP contribution in [0.15, 0.2) is 79.1 Å². The van der Waals surface area contributed by atoms with E-state index in [0.29, 0.717) is 11.4 Å². The van der Waals surface area contributed by atoms with E-state index in [1.165, 1.54) is 5.56 Å². The average Bonchev–Trinajstić information content (AvgIpc) is 3.23. The molecule has 0 unspecified atom stereocenters. The molecule has 0 fully saturated rings. The number of aromatic nitrogens is 2. The molecule has 30 heavy (non-hydrogen) atoms. The summed E-state index contributed by atoms with van der Waals surface area (Å²) in [5.41, 5.74) is 1.85. The maximum absolute atomic E-state index is 12.2. The van der Waals surface area contributed by atoms with Gasteiger partial charge in [0.05, 0.1) is 18.1 Å². The predicted octanol–water partition coefficient (Wildman–Crippen LogP) is 4.65. The summed E-state index contributed by atoms with van der Waals surface area (Å²) < 4.78 is 12.9. The highest BCUT2D eigenvalue weighted by Gasteiger charge is 2.07. The quantitative estimate of drug-likeness (QED) is 0.467. The molecule has 1 heterocycles. The van der Waals surface area contributed by atoms with Crippen molar-refractivity contribution in [2.45, 2.75) is 20.1 Å². The van der Waals surface area contributed by atoms with E-state index in [1.807, 2.05) is 66.7 Å². The van der Waals surface area contributed by atoms with Crippen molar-refractivity contribution < 1.29 is 14.3 Å². The molecule has 3 aromatic carbocycles. The van der Waals surface area contributed by atoms with Crippen molar-refractivity contribution in [3.8, 4) is 11.5 Å². The summed E-state index contributed by atoms with van der Waals surface area (Å²) in [5, 5.41) is 9.19. The number of rotatable bonds is 8. The lowest BCUT2D eigenvalue weighted by Gasteiger charge is -2.08. The average molecular weight is 401 g/mol. The smallest absolute Gasteiger partial charge is 0.262 e. The Morgan fingerprint density at radius 3 is 2.53 bits per heavy atom. The molecule has 1 aromatic heterocycles. The number of benzene rings is 3. The van der Waals surface area contributed by atoms with Crippen molar-refractivity contribution >= 4 is 22.4 Å². The topological polar surface area (TPSA) is 65.4 Å². The van der Waals surface area contributed by atoms with Gasteiger partial charge in [0, 0.05) is 0 Å². The molecule has 0 bridgehead atoms. The summed E-state index contributed by atoms with van der Waals surface area (Å²) in [4.78, 5) is 12.2. The van der Waals surface area contributed by atoms with Crippen LogP contribution in [-0.4, -0.2) is 22.3 Å². The Morgan fingerprint density at radius 2 is 1.73 bits per heavy atom. The number of amides is 1. The molecule has 0 aliphatic carbocycles. The zero-order valence-electron chi connectivity index (χ0n) is 16.7. The number of nitrogens with zero attached hydrogens (tertiary/aromatic N) is 2. The second-order valence-electron chi connectivity index (χ2n) is 6.89. The fourth-order valence-electron chi connectivity index (χ4n) is 3.06. The van der Waals surface area contributed by atoms with Gasteiger partial charge in [-0.15, -0.1) is 0 Å². The van der Waals surface area contributed by atoms with Gasteiger partial charge in [-0.3, -0.25) is 4.79 Å². The Kier molecular flexibility index (Phi) is 5.94. The van der Waals surface area contributed by atoms with Crippen molar-refractivity contribution in [2.24, 2.45) is 0 Å². The maximum Gasteiger partial charge on any atom is 0.262 e. The first-order valence-corrected chi connectivity index (χ1v) is 9.85. The summed E-state index contributed by atoms with van der Waals surface area (Å²) in [6.45, 7) is 2.29. The Morgan fingerprint density at radius 1 is 0.967 bits per heavy atom. The molecule has 6 heteroatoms. The van der Waals surface area contributed by atoms with E-state index >= 15 is 0 Å². The number of nitrogens with one attached hydrogen (secondary N) is 1. The first-order valence-electron chi connectivity index (χ1n) is 9.85. The lowest BCUT2D eigenvalue weighted by Crippen LogP contribution is -2.19. The molecular weight excluding hydrogens is 378 g/mol. The highest BCUT2D eigenvalue weighted by molar-refractivity contribution is 5.91. The summed E-state index contributed by atoms with van der Waals surface area (Å²) >= 11 is 0. The number of hydrogen-bond donors (Lipinski definition) is 1. The van der Waals surface area contributed by atoms with Crippen molar-refractivity contribution in [3.63, 3.8) is 0 Å². The van der Waals surface area contributed by atoms with Crippen LogP contribution in [-0.2, 0) is 17.9 Å². The van der Waals surface area contributed by atoms with E-state index < -0.39 is 0 Å². The van der Waals surface area contributed by atoms with Crippen molar-refractivity contribution in [1.29, 1.82) is 0 Å². The van der Waals surface area contributed by atoms with E-state index in [9.17, 15) is 4.79 Å². The molecule has 0 saturated carbocycles. The largest absolute Gasteiger partial charge is 0.484 e. The summed E-state index contributed by atoms with van der Waals surface area (Å²) in [6, 6.07) is 21.7. The van der Waals surface area contributed by atoms with Gasteiger partial charge in [0.1, 0.15) is 11.5 Å². The van der Waals surface area contributed by atoms with E-state index in [4.69, 9.17) is 9.47 Å². The van der Waals surface area contributed by atoms with Crippen LogP contribution in [0.4, 0.5) is 5.69 Å². The lowest BCUT2D eigenvalue weighted by atomic mass is 10.1. The Labute approximate surface area is 175 Å². The Bertz CT molecular complexity index is 1140. The van der Waals surface area contributed by atoms with Crippen molar-refractivity contribution in [1.82, 2.24) is 9.78 Å². The van der Waals surface area contributed by atoms with Gasteiger partial charge in [0.15, 0.2) is 13.3 Å². The molecule has 0 aliphatic heterocycles. The summed E-state index contributed by atoms with van der Waals surface area (Å²) in [6.07, 6.45) is 4.29. The highest BCUT2D eigenvalue weighted by atomic mass is 16.5. The molecule has 1 N–H and O–H groups in total. The fraction of sp³-hybridized carbons (Fsp3) is 0.167. The van der Waals surface area contributed by atoms with Crippen LogP contribution in [0.5, 0.6) is 11.5 Å². The van der Waals surface area contributed by atoms with Crippen LogP contribution in [0, 0.1) is 0 Å². The maximum atomic E-state index is 12.2. The van der Waals surface area contributed by atoms with Gasteiger partial charge in [-0.25, -0.2) is 4.68 Å². The van der Waals surface area contributed by atoms with Crippen LogP contribution < -0.4 is 14.8 Å². The monoisotopic (exact) mass is 401 g/mol. The summed E-state index contributed by atoms with van der Waals surface area (Å²) in [5.74, 6) is 1.18. The van der Waals surface area contributed by atoms with Gasteiger partial charge >= 0.3 is 0 Å². The SMILES string of the molecule is CCc1ccc(OCn2cc(NC(=O)COc3ccc4ccccc4c3)cn2)cc1. The van der Waals surface area contributed by atoms with Gasteiger partial charge in [-0.05, 0) is 47.0 Å². The minimum absolute atomic E-state index is 0.0796. The van der Waals surface area contributed by atoms with Gasteiger partial charge in [-0.2, -0.15) is 5.10 Å². The number of ether oxygens (including phenoxy) is 2. The molecule has 1 amide bonds. The normalized spacial score (nSPS) is 10.7. The minimum atomic E-state index is -0.251. The number of aryl methyl sites for hydroxylation is 1.